The molecule has 21 heavy (non-hydrogen) atoms. The van der Waals surface area contributed by atoms with Crippen LogP contribution in [0.1, 0.15) is 43.0 Å². The third-order valence-electron chi connectivity index (χ3n) is 4.15. The Kier molecular flexibility index (Phi) is 5.05. The molecule has 0 aliphatic rings. The number of carbonyl (C=O) groups is 1. The number of hydrogen-bond donors (Lipinski definition) is 0. The monoisotopic (exact) mass is 287 g/mol. The minimum absolute atomic E-state index is 0.0851. The molecule has 0 saturated heterocycles. The third-order valence-corrected chi connectivity index (χ3v) is 4.15. The van der Waals surface area contributed by atoms with Gasteiger partial charge in [-0.05, 0) is 63.8 Å². The predicted octanol–water partition coefficient (Wildman–Crippen LogP) is 4.30. The number of carbonyl (C=O) groups excluding carboxylic acids is 1. The van der Waals surface area contributed by atoms with E-state index < -0.39 is 0 Å². The maximum Gasteiger partial charge on any atom is 0.305 e. The Morgan fingerprint density at radius 1 is 1.19 bits per heavy atom. The highest BCUT2D eigenvalue weighted by Gasteiger charge is 2.09. The molecule has 0 aliphatic heterocycles. The molecule has 0 aliphatic carbocycles. The summed E-state index contributed by atoms with van der Waals surface area (Å²) in [7, 11) is 0. The van der Waals surface area contributed by atoms with E-state index in [-0.39, 0.29) is 5.97 Å². The summed E-state index contributed by atoms with van der Waals surface area (Å²) >= 11 is 0. The largest absolute Gasteiger partial charge is 0.466 e. The van der Waals surface area contributed by atoms with Gasteiger partial charge in [0.2, 0.25) is 0 Å². The number of esters is 1. The van der Waals surface area contributed by atoms with Crippen LogP contribution in [0.3, 0.4) is 0 Å². The summed E-state index contributed by atoms with van der Waals surface area (Å²) in [4.78, 5) is 11.3. The lowest BCUT2D eigenvalue weighted by Gasteiger charge is -2.09. The van der Waals surface area contributed by atoms with Crippen LogP contribution in [0.15, 0.2) is 18.2 Å². The normalized spacial score (nSPS) is 11.0. The van der Waals surface area contributed by atoms with E-state index in [0.717, 1.165) is 19.4 Å². The first-order valence-electron chi connectivity index (χ1n) is 7.76. The topological polar surface area (TPSA) is 31.2 Å². The van der Waals surface area contributed by atoms with Crippen LogP contribution in [0.25, 0.3) is 10.9 Å². The molecule has 0 atom stereocenters. The molecule has 1 aromatic carbocycles. The number of hydrogen-bond acceptors (Lipinski definition) is 2. The molecule has 3 nitrogen and oxygen atoms in total. The number of unbranched alkanes of at least 4 members (excludes halogenated alkanes) is 1. The van der Waals surface area contributed by atoms with Crippen molar-refractivity contribution >= 4 is 16.9 Å². The van der Waals surface area contributed by atoms with Gasteiger partial charge in [0.15, 0.2) is 0 Å². The summed E-state index contributed by atoms with van der Waals surface area (Å²) in [5.74, 6) is -0.0851. The van der Waals surface area contributed by atoms with Crippen LogP contribution in [-0.4, -0.2) is 17.1 Å². The Labute approximate surface area is 126 Å². The molecule has 0 saturated carbocycles. The van der Waals surface area contributed by atoms with E-state index >= 15 is 0 Å². The number of ether oxygens (including phenoxy) is 1. The zero-order chi connectivity index (χ0) is 15.4. The summed E-state index contributed by atoms with van der Waals surface area (Å²) in [5.41, 5.74) is 5.28. The average molecular weight is 287 g/mol. The number of fused-ring (bicyclic) bond motifs is 1. The van der Waals surface area contributed by atoms with Crippen molar-refractivity contribution < 1.29 is 9.53 Å². The van der Waals surface area contributed by atoms with E-state index in [1.807, 2.05) is 6.92 Å². The number of nitrogens with zero attached hydrogens (tertiary/aromatic N) is 1. The third kappa shape index (κ3) is 3.46. The zero-order valence-electron chi connectivity index (χ0n) is 13.5. The molecule has 0 N–H and O–H groups in total. The number of aromatic nitrogens is 1. The molecule has 1 heterocycles. The minimum atomic E-state index is -0.0851. The van der Waals surface area contributed by atoms with Gasteiger partial charge >= 0.3 is 5.97 Å². The molecule has 0 radical (unpaired) electrons. The van der Waals surface area contributed by atoms with Gasteiger partial charge < -0.3 is 9.30 Å². The van der Waals surface area contributed by atoms with Gasteiger partial charge in [0.1, 0.15) is 0 Å². The molecule has 0 bridgehead atoms. The fraction of sp³-hybridized carbons (Fsp3) is 0.500. The molecule has 3 heteroatoms. The summed E-state index contributed by atoms with van der Waals surface area (Å²) < 4.78 is 7.31. The lowest BCUT2D eigenvalue weighted by atomic mass is 10.1. The van der Waals surface area contributed by atoms with E-state index in [4.69, 9.17) is 4.74 Å². The van der Waals surface area contributed by atoms with E-state index in [0.29, 0.717) is 13.0 Å². The number of aryl methyl sites for hydroxylation is 4. The summed E-state index contributed by atoms with van der Waals surface area (Å²) in [5, 5.41) is 1.35. The Morgan fingerprint density at radius 2 is 1.95 bits per heavy atom. The highest BCUT2D eigenvalue weighted by Crippen LogP contribution is 2.25. The van der Waals surface area contributed by atoms with Crippen molar-refractivity contribution in [1.29, 1.82) is 0 Å². The highest BCUT2D eigenvalue weighted by atomic mass is 16.5. The molecule has 114 valence electrons. The smallest absolute Gasteiger partial charge is 0.305 e. The van der Waals surface area contributed by atoms with Gasteiger partial charge in [-0.25, -0.2) is 0 Å². The minimum Gasteiger partial charge on any atom is -0.466 e. The molecule has 0 spiro atoms. The quantitative estimate of drug-likeness (QED) is 0.586. The van der Waals surface area contributed by atoms with Crippen LogP contribution < -0.4 is 0 Å². The predicted molar refractivity (Wildman–Crippen MR) is 86.6 cm³/mol. The van der Waals surface area contributed by atoms with Gasteiger partial charge in [0.05, 0.1) is 6.61 Å². The van der Waals surface area contributed by atoms with Gasteiger partial charge in [-0.1, -0.05) is 6.07 Å². The van der Waals surface area contributed by atoms with E-state index in [9.17, 15) is 4.79 Å². The van der Waals surface area contributed by atoms with Crippen LogP contribution >= 0.6 is 0 Å². The van der Waals surface area contributed by atoms with Gasteiger partial charge in [0, 0.05) is 29.6 Å². The number of benzene rings is 1. The van der Waals surface area contributed by atoms with Crippen molar-refractivity contribution in [2.45, 2.75) is 53.5 Å². The van der Waals surface area contributed by atoms with Crippen molar-refractivity contribution in [3.05, 3.63) is 35.0 Å². The zero-order valence-corrected chi connectivity index (χ0v) is 13.5. The van der Waals surface area contributed by atoms with Crippen molar-refractivity contribution in [2.24, 2.45) is 0 Å². The molecule has 0 unspecified atom stereocenters. The summed E-state index contributed by atoms with van der Waals surface area (Å²) in [6.07, 6.45) is 2.39. The first-order valence-corrected chi connectivity index (χ1v) is 7.76. The average Bonchev–Trinajstić information content (AvgIpc) is 2.76. The summed E-state index contributed by atoms with van der Waals surface area (Å²) in [6, 6.07) is 6.66. The van der Waals surface area contributed by atoms with Crippen LogP contribution in [0, 0.1) is 20.8 Å². The van der Waals surface area contributed by atoms with E-state index in [2.05, 4.69) is 43.5 Å². The molecular formula is C18H25NO2. The van der Waals surface area contributed by atoms with Crippen molar-refractivity contribution in [3.63, 3.8) is 0 Å². The van der Waals surface area contributed by atoms with E-state index in [1.54, 1.807) is 0 Å². The van der Waals surface area contributed by atoms with Crippen LogP contribution in [0.5, 0.6) is 0 Å². The fourth-order valence-corrected chi connectivity index (χ4v) is 2.79. The summed E-state index contributed by atoms with van der Waals surface area (Å²) in [6.45, 7) is 9.76. The van der Waals surface area contributed by atoms with Crippen LogP contribution in [0.2, 0.25) is 0 Å². The molecular weight excluding hydrogens is 262 g/mol. The van der Waals surface area contributed by atoms with Gasteiger partial charge in [-0.15, -0.1) is 0 Å². The standard InChI is InChI=1S/C18H25NO2/c1-5-21-18(20)8-6-7-11-19-14(3)12-16-15(4)13(2)9-10-17(16)19/h9-10,12H,5-8,11H2,1-4H3. The fourth-order valence-electron chi connectivity index (χ4n) is 2.79. The lowest BCUT2D eigenvalue weighted by molar-refractivity contribution is -0.143. The lowest BCUT2D eigenvalue weighted by Crippen LogP contribution is -2.05. The van der Waals surface area contributed by atoms with E-state index in [1.165, 1.54) is 27.7 Å². The Hall–Kier alpha value is -1.77. The number of rotatable bonds is 6. The Bertz CT molecular complexity index is 640. The van der Waals surface area contributed by atoms with Crippen molar-refractivity contribution in [2.75, 3.05) is 6.61 Å². The Morgan fingerprint density at radius 3 is 2.67 bits per heavy atom. The molecule has 0 amide bonds. The molecule has 1 aromatic heterocycles. The van der Waals surface area contributed by atoms with Crippen LogP contribution in [0.4, 0.5) is 0 Å². The first-order chi connectivity index (χ1) is 10.0. The highest BCUT2D eigenvalue weighted by molar-refractivity contribution is 5.85. The second kappa shape index (κ2) is 6.79. The second-order valence-electron chi connectivity index (χ2n) is 5.64. The van der Waals surface area contributed by atoms with Crippen molar-refractivity contribution in [1.82, 2.24) is 4.57 Å². The van der Waals surface area contributed by atoms with Crippen LogP contribution in [-0.2, 0) is 16.1 Å². The van der Waals surface area contributed by atoms with Gasteiger partial charge in [-0.2, -0.15) is 0 Å². The first kappa shape index (κ1) is 15.6. The SMILES string of the molecule is CCOC(=O)CCCCn1c(C)cc2c(C)c(C)ccc21. The van der Waals surface area contributed by atoms with Gasteiger partial charge in [-0.3, -0.25) is 4.79 Å². The molecule has 0 fully saturated rings. The van der Waals surface area contributed by atoms with Crippen molar-refractivity contribution in [3.8, 4) is 0 Å². The maximum absolute atomic E-state index is 11.3. The Balaban J connectivity index is 2.04. The maximum atomic E-state index is 11.3. The molecule has 2 aromatic rings. The second-order valence-corrected chi connectivity index (χ2v) is 5.64. The van der Waals surface area contributed by atoms with Gasteiger partial charge in [0.25, 0.3) is 0 Å². The molecule has 2 rings (SSSR count).